The van der Waals surface area contributed by atoms with Gasteiger partial charge in [-0.25, -0.2) is 9.02 Å². The number of aromatic nitrogens is 5. The van der Waals surface area contributed by atoms with Crippen molar-refractivity contribution < 1.29 is 9.02 Å². The van der Waals surface area contributed by atoms with Gasteiger partial charge in [-0.15, -0.1) is 5.10 Å². The Labute approximate surface area is 135 Å². The van der Waals surface area contributed by atoms with Crippen molar-refractivity contribution in [3.63, 3.8) is 0 Å². The van der Waals surface area contributed by atoms with Gasteiger partial charge in [0.15, 0.2) is 0 Å². The average Bonchev–Trinajstić information content (AvgIpc) is 3.14. The summed E-state index contributed by atoms with van der Waals surface area (Å²) < 4.78 is 19.4. The third-order valence-corrected chi connectivity index (χ3v) is 3.18. The van der Waals surface area contributed by atoms with Crippen molar-refractivity contribution in [3.8, 4) is 5.82 Å². The van der Waals surface area contributed by atoms with Crippen LogP contribution in [0.5, 0.6) is 0 Å². The van der Waals surface area contributed by atoms with Gasteiger partial charge in [-0.05, 0) is 23.3 Å². The zero-order valence-electron chi connectivity index (χ0n) is 12.6. The van der Waals surface area contributed by atoms with Gasteiger partial charge in [0.05, 0.1) is 17.6 Å². The van der Waals surface area contributed by atoms with Crippen molar-refractivity contribution >= 4 is 17.7 Å². The summed E-state index contributed by atoms with van der Waals surface area (Å²) in [4.78, 5) is 0. The van der Waals surface area contributed by atoms with E-state index in [0.717, 1.165) is 0 Å². The lowest BCUT2D eigenvalue weighted by molar-refractivity contribution is 0.306. The molecule has 0 fully saturated rings. The fraction of sp³-hybridized carbons (Fsp3) is 0.0714. The van der Waals surface area contributed by atoms with Gasteiger partial charge >= 0.3 is 0 Å². The van der Waals surface area contributed by atoms with Crippen LogP contribution in [0.4, 0.5) is 10.2 Å². The molecular formula is C14H13FN8O. The number of benzene rings is 1. The van der Waals surface area contributed by atoms with Gasteiger partial charge in [-0.1, -0.05) is 30.0 Å². The van der Waals surface area contributed by atoms with Crippen LogP contribution in [0.15, 0.2) is 40.6 Å². The zero-order valence-corrected chi connectivity index (χ0v) is 12.6. The van der Waals surface area contributed by atoms with Crippen molar-refractivity contribution in [1.82, 2.24) is 30.7 Å². The Morgan fingerprint density at radius 2 is 2.21 bits per heavy atom. The number of hydrazone groups is 1. The molecule has 0 bridgehead atoms. The van der Waals surface area contributed by atoms with E-state index in [1.54, 1.807) is 25.1 Å². The van der Waals surface area contributed by atoms with Crippen molar-refractivity contribution in [3.05, 3.63) is 53.6 Å². The maximum absolute atomic E-state index is 13.5. The maximum atomic E-state index is 13.5. The number of rotatable bonds is 5. The summed E-state index contributed by atoms with van der Waals surface area (Å²) in [7, 11) is 0. The molecule has 1 aromatic carbocycles. The SMILES string of the molecule is C=C(NN=Cc1ccccc1F)c1nnn(-c2nonc2N)c1C. The normalized spacial score (nSPS) is 11.1. The Kier molecular flexibility index (Phi) is 4.01. The zero-order chi connectivity index (χ0) is 17.1. The molecule has 0 saturated carbocycles. The number of halogens is 1. The molecule has 0 aliphatic rings. The Morgan fingerprint density at radius 1 is 1.42 bits per heavy atom. The van der Waals surface area contributed by atoms with Gasteiger partial charge < -0.3 is 5.73 Å². The quantitative estimate of drug-likeness (QED) is 0.534. The minimum absolute atomic E-state index is 0.0886. The van der Waals surface area contributed by atoms with Crippen LogP contribution >= 0.6 is 0 Å². The number of nitrogens with two attached hydrogens (primary N) is 1. The summed E-state index contributed by atoms with van der Waals surface area (Å²) in [6.45, 7) is 5.58. The van der Waals surface area contributed by atoms with Gasteiger partial charge in [0.25, 0.3) is 0 Å². The van der Waals surface area contributed by atoms with Crippen molar-refractivity contribution in [1.29, 1.82) is 0 Å². The summed E-state index contributed by atoms with van der Waals surface area (Å²) in [6, 6.07) is 6.27. The van der Waals surface area contributed by atoms with E-state index < -0.39 is 0 Å². The molecule has 0 aliphatic heterocycles. The minimum Gasteiger partial charge on any atom is -0.378 e. The van der Waals surface area contributed by atoms with Crippen LogP contribution in [0.1, 0.15) is 17.0 Å². The summed E-state index contributed by atoms with van der Waals surface area (Å²) in [5, 5.41) is 19.0. The smallest absolute Gasteiger partial charge is 0.243 e. The van der Waals surface area contributed by atoms with Crippen molar-refractivity contribution in [2.24, 2.45) is 5.10 Å². The number of anilines is 1. The van der Waals surface area contributed by atoms with E-state index in [2.05, 4.69) is 42.4 Å². The first kappa shape index (κ1) is 15.3. The first-order chi connectivity index (χ1) is 11.6. The van der Waals surface area contributed by atoms with Gasteiger partial charge in [-0.3, -0.25) is 5.43 Å². The predicted octanol–water partition coefficient (Wildman–Crippen LogP) is 1.27. The molecule has 3 aromatic rings. The molecule has 10 heteroatoms. The Morgan fingerprint density at radius 3 is 2.92 bits per heavy atom. The van der Waals surface area contributed by atoms with E-state index in [1.165, 1.54) is 17.0 Å². The molecule has 2 heterocycles. The van der Waals surface area contributed by atoms with E-state index in [0.29, 0.717) is 22.6 Å². The fourth-order valence-electron chi connectivity index (χ4n) is 1.96. The van der Waals surface area contributed by atoms with Gasteiger partial charge in [0.2, 0.25) is 11.6 Å². The van der Waals surface area contributed by atoms with Crippen molar-refractivity contribution in [2.45, 2.75) is 6.92 Å². The molecule has 122 valence electrons. The molecule has 0 amide bonds. The van der Waals surface area contributed by atoms with E-state index in [4.69, 9.17) is 5.73 Å². The van der Waals surface area contributed by atoms with Crippen LogP contribution in [0.25, 0.3) is 11.5 Å². The molecule has 2 aromatic heterocycles. The third-order valence-electron chi connectivity index (χ3n) is 3.18. The fourth-order valence-corrected chi connectivity index (χ4v) is 1.96. The molecular weight excluding hydrogens is 315 g/mol. The number of nitrogen functional groups attached to an aromatic ring is 1. The van der Waals surface area contributed by atoms with Gasteiger partial charge in [-0.2, -0.15) is 9.78 Å². The minimum atomic E-state index is -0.371. The second-order valence-corrected chi connectivity index (χ2v) is 4.78. The molecule has 0 unspecified atom stereocenters. The Bertz CT molecular complexity index is 913. The topological polar surface area (TPSA) is 120 Å². The lowest BCUT2D eigenvalue weighted by Crippen LogP contribution is -2.07. The highest BCUT2D eigenvalue weighted by Crippen LogP contribution is 2.17. The second kappa shape index (κ2) is 6.28. The molecule has 0 aliphatic carbocycles. The molecule has 9 nitrogen and oxygen atoms in total. The van der Waals surface area contributed by atoms with E-state index in [1.807, 2.05) is 0 Å². The lowest BCUT2D eigenvalue weighted by atomic mass is 10.2. The molecule has 0 saturated heterocycles. The average molecular weight is 328 g/mol. The number of hydrogen-bond acceptors (Lipinski definition) is 8. The second-order valence-electron chi connectivity index (χ2n) is 4.78. The molecule has 3 rings (SSSR count). The highest BCUT2D eigenvalue weighted by atomic mass is 19.1. The molecule has 3 N–H and O–H groups in total. The summed E-state index contributed by atoms with van der Waals surface area (Å²) >= 11 is 0. The number of nitrogens with one attached hydrogen (secondary N) is 1. The summed E-state index contributed by atoms with van der Waals surface area (Å²) in [5.41, 5.74) is 10.1. The van der Waals surface area contributed by atoms with Gasteiger partial charge in [0.1, 0.15) is 11.5 Å². The van der Waals surface area contributed by atoms with E-state index >= 15 is 0 Å². The molecule has 0 atom stereocenters. The Hall–Kier alpha value is -3.56. The van der Waals surface area contributed by atoms with Crippen LogP contribution in [0.2, 0.25) is 0 Å². The van der Waals surface area contributed by atoms with Crippen molar-refractivity contribution in [2.75, 3.05) is 5.73 Å². The predicted molar refractivity (Wildman–Crippen MR) is 84.5 cm³/mol. The van der Waals surface area contributed by atoms with E-state index in [-0.39, 0.29) is 17.5 Å². The van der Waals surface area contributed by atoms with E-state index in [9.17, 15) is 4.39 Å². The highest BCUT2D eigenvalue weighted by Gasteiger charge is 2.17. The standard InChI is InChI=1S/C14H13FN8O/c1-8(18-17-7-10-5-3-4-6-11(10)15)12-9(2)23(22-19-12)14-13(16)20-24-21-14/h3-7,18H,1H2,2H3,(H2,16,20). The summed E-state index contributed by atoms with van der Waals surface area (Å²) in [6.07, 6.45) is 1.35. The van der Waals surface area contributed by atoms with Crippen LogP contribution in [0.3, 0.4) is 0 Å². The first-order valence-corrected chi connectivity index (χ1v) is 6.81. The molecule has 0 radical (unpaired) electrons. The Balaban J connectivity index is 1.76. The van der Waals surface area contributed by atoms with Crippen LogP contribution in [-0.2, 0) is 0 Å². The van der Waals surface area contributed by atoms with Gasteiger partial charge in [0, 0.05) is 5.56 Å². The van der Waals surface area contributed by atoms with Crippen LogP contribution in [0, 0.1) is 12.7 Å². The third kappa shape index (κ3) is 2.84. The van der Waals surface area contributed by atoms with Crippen LogP contribution in [-0.4, -0.2) is 31.5 Å². The molecule has 0 spiro atoms. The molecule has 24 heavy (non-hydrogen) atoms. The largest absolute Gasteiger partial charge is 0.378 e. The monoisotopic (exact) mass is 328 g/mol. The highest BCUT2D eigenvalue weighted by molar-refractivity contribution is 5.80. The number of nitrogens with zero attached hydrogens (tertiary/aromatic N) is 6. The maximum Gasteiger partial charge on any atom is 0.243 e. The van der Waals surface area contributed by atoms with Crippen LogP contribution < -0.4 is 11.2 Å². The first-order valence-electron chi connectivity index (χ1n) is 6.81. The summed E-state index contributed by atoms with van der Waals surface area (Å²) in [5.74, 6) is -0.0515. The number of hydrogen-bond donors (Lipinski definition) is 2. The lowest BCUT2D eigenvalue weighted by Gasteiger charge is -2.03.